The predicted molar refractivity (Wildman–Crippen MR) is 159 cm³/mol. The van der Waals surface area contributed by atoms with Crippen molar-refractivity contribution in [2.75, 3.05) is 55.2 Å². The van der Waals surface area contributed by atoms with Gasteiger partial charge in [0.1, 0.15) is 5.82 Å². The zero-order valence-corrected chi connectivity index (χ0v) is 25.3. The van der Waals surface area contributed by atoms with Crippen LogP contribution in [-0.4, -0.2) is 93.4 Å². The van der Waals surface area contributed by atoms with Gasteiger partial charge >= 0.3 is 5.97 Å². The summed E-state index contributed by atoms with van der Waals surface area (Å²) in [6.45, 7) is 2.03. The molecule has 1 saturated heterocycles. The minimum Gasteiger partial charge on any atom is -0.466 e. The number of hydrogen-bond donors (Lipinski definition) is 1. The first kappa shape index (κ1) is 31.5. The van der Waals surface area contributed by atoms with E-state index in [0.717, 1.165) is 27.4 Å². The van der Waals surface area contributed by atoms with Gasteiger partial charge in [0, 0.05) is 69.3 Å². The molecular formula is C25H34Cl2N5O5PS. The first-order chi connectivity index (χ1) is 18.7. The first-order valence-corrected chi connectivity index (χ1v) is 15.4. The highest BCUT2D eigenvalue weighted by atomic mass is 35.5. The van der Waals surface area contributed by atoms with Gasteiger partial charge in [-0.1, -0.05) is 0 Å². The Bertz CT molecular complexity index is 1180. The first-order valence-electron chi connectivity index (χ1n) is 12.7. The molecule has 0 spiro atoms. The van der Waals surface area contributed by atoms with E-state index < -0.39 is 11.2 Å². The lowest BCUT2D eigenvalue weighted by molar-refractivity contribution is -0.145. The van der Waals surface area contributed by atoms with Gasteiger partial charge in [-0.3, -0.25) is 24.1 Å². The average molecular weight is 619 g/mol. The number of carbonyl (C=O) groups is 4. The van der Waals surface area contributed by atoms with Crippen molar-refractivity contribution in [3.05, 3.63) is 24.0 Å². The summed E-state index contributed by atoms with van der Waals surface area (Å²) < 4.78 is 7.37. The van der Waals surface area contributed by atoms with Crippen LogP contribution in [0.1, 0.15) is 25.1 Å². The number of nitrogens with zero attached hydrogens (tertiary/aromatic N) is 4. The Balaban J connectivity index is 1.42. The molecule has 39 heavy (non-hydrogen) atoms. The van der Waals surface area contributed by atoms with Gasteiger partial charge in [-0.2, -0.15) is 0 Å². The quantitative estimate of drug-likeness (QED) is 0.100. The van der Waals surface area contributed by atoms with Crippen LogP contribution in [-0.2, 0) is 32.6 Å². The summed E-state index contributed by atoms with van der Waals surface area (Å²) in [5.74, 6) is 1.37. The lowest BCUT2D eigenvalue weighted by Gasteiger charge is -2.22. The fraction of sp³-hybridized carbons (Fsp3) is 0.560. The lowest BCUT2D eigenvalue weighted by atomic mass is 10.2. The van der Waals surface area contributed by atoms with Crippen LogP contribution in [0.5, 0.6) is 0 Å². The summed E-state index contributed by atoms with van der Waals surface area (Å²) in [5.41, 5.74) is 2.68. The van der Waals surface area contributed by atoms with Crippen LogP contribution < -0.4 is 10.2 Å². The van der Waals surface area contributed by atoms with Gasteiger partial charge in [0.2, 0.25) is 17.5 Å². The standard InChI is InChI=1S/C25H34Cl2N5O5PS/c1-30-19-5-4-17(31(11-7-26)12-8-27)15-18(19)29-21(30)3-2-13-37-23(34)6-10-32-22(33)16-20(24(32)35)39-14-9-28-25(36)38/h4-5,15,20H,2-3,6-14,16,38H2,1H3,(H,28,36). The summed E-state index contributed by atoms with van der Waals surface area (Å²) in [4.78, 5) is 55.9. The van der Waals surface area contributed by atoms with Crippen molar-refractivity contribution in [3.63, 3.8) is 0 Å². The van der Waals surface area contributed by atoms with E-state index in [-0.39, 0.29) is 43.5 Å². The normalized spacial score (nSPS) is 15.3. The van der Waals surface area contributed by atoms with Crippen LogP contribution in [0.3, 0.4) is 0 Å². The van der Waals surface area contributed by atoms with E-state index in [9.17, 15) is 19.2 Å². The Morgan fingerprint density at radius 1 is 1.26 bits per heavy atom. The molecule has 0 bridgehead atoms. The number of carbonyl (C=O) groups excluding carboxylic acids is 4. The van der Waals surface area contributed by atoms with Crippen molar-refractivity contribution >= 4 is 84.4 Å². The Labute approximate surface area is 244 Å². The van der Waals surface area contributed by atoms with Crippen molar-refractivity contribution in [3.8, 4) is 0 Å². The number of imide groups is 1. The van der Waals surface area contributed by atoms with Gasteiger partial charge in [-0.05, 0) is 33.9 Å². The molecule has 3 rings (SSSR count). The van der Waals surface area contributed by atoms with Gasteiger partial charge in [0.05, 0.1) is 29.3 Å². The van der Waals surface area contributed by atoms with Gasteiger partial charge in [0.15, 0.2) is 0 Å². The number of thioether (sulfide) groups is 1. The fourth-order valence-electron chi connectivity index (χ4n) is 4.32. The zero-order chi connectivity index (χ0) is 28.4. The smallest absolute Gasteiger partial charge is 0.307 e. The number of aromatic nitrogens is 2. The number of esters is 1. The van der Waals surface area contributed by atoms with Crippen LogP contribution in [0, 0.1) is 0 Å². The minimum absolute atomic E-state index is 0.00738. The van der Waals surface area contributed by atoms with E-state index in [1.54, 1.807) is 0 Å². The van der Waals surface area contributed by atoms with Crippen LogP contribution in [0.25, 0.3) is 11.0 Å². The Morgan fingerprint density at radius 3 is 2.69 bits per heavy atom. The Morgan fingerprint density at radius 2 is 2.00 bits per heavy atom. The van der Waals surface area contributed by atoms with Gasteiger partial charge in [-0.15, -0.1) is 35.0 Å². The topological polar surface area (TPSA) is 114 Å². The third kappa shape index (κ3) is 8.96. The number of hydrogen-bond acceptors (Lipinski definition) is 8. The van der Waals surface area contributed by atoms with Crippen molar-refractivity contribution in [2.24, 2.45) is 7.05 Å². The molecule has 2 heterocycles. The second-order valence-electron chi connectivity index (χ2n) is 8.94. The molecule has 1 aliphatic heterocycles. The van der Waals surface area contributed by atoms with Crippen LogP contribution in [0.4, 0.5) is 10.5 Å². The monoisotopic (exact) mass is 617 g/mol. The van der Waals surface area contributed by atoms with E-state index in [2.05, 4.69) is 10.2 Å². The number of benzene rings is 1. The molecule has 0 saturated carbocycles. The third-order valence-corrected chi connectivity index (χ3v) is 8.05. The molecule has 0 aliphatic carbocycles. The molecule has 3 amide bonds. The van der Waals surface area contributed by atoms with Crippen LogP contribution >= 0.6 is 44.2 Å². The van der Waals surface area contributed by atoms with Gasteiger partial charge < -0.3 is 19.5 Å². The number of fused-ring (bicyclic) bond motifs is 1. The molecule has 214 valence electrons. The number of anilines is 1. The molecule has 10 nitrogen and oxygen atoms in total. The number of aryl methyl sites for hydroxylation is 2. The molecule has 2 aromatic rings. The number of amides is 3. The number of rotatable bonds is 16. The van der Waals surface area contributed by atoms with Crippen molar-refractivity contribution in [2.45, 2.75) is 30.9 Å². The molecular weight excluding hydrogens is 584 g/mol. The minimum atomic E-state index is -0.483. The molecule has 1 N–H and O–H groups in total. The molecule has 0 radical (unpaired) electrons. The molecule has 1 aromatic heterocycles. The molecule has 2 unspecified atom stereocenters. The largest absolute Gasteiger partial charge is 0.466 e. The molecule has 1 aliphatic rings. The van der Waals surface area contributed by atoms with Crippen LogP contribution in [0.15, 0.2) is 18.2 Å². The van der Waals surface area contributed by atoms with E-state index in [1.165, 1.54) is 11.8 Å². The number of halogens is 2. The number of ether oxygens (including phenoxy) is 1. The Hall–Kier alpha value is -2.07. The summed E-state index contributed by atoms with van der Waals surface area (Å²) in [5, 5.41) is 2.14. The Kier molecular flexibility index (Phi) is 12.6. The summed E-state index contributed by atoms with van der Waals surface area (Å²) in [7, 11) is 3.98. The highest BCUT2D eigenvalue weighted by molar-refractivity contribution is 8.00. The second kappa shape index (κ2) is 15.6. The van der Waals surface area contributed by atoms with Gasteiger partial charge in [-0.25, -0.2) is 4.98 Å². The van der Waals surface area contributed by atoms with Crippen LogP contribution in [0.2, 0.25) is 0 Å². The number of imidazole rings is 1. The lowest BCUT2D eigenvalue weighted by Crippen LogP contribution is -2.33. The van der Waals surface area contributed by atoms with Crippen molar-refractivity contribution in [1.82, 2.24) is 19.8 Å². The predicted octanol–water partition coefficient (Wildman–Crippen LogP) is 3.17. The van der Waals surface area contributed by atoms with Gasteiger partial charge in [0.25, 0.3) is 0 Å². The maximum atomic E-state index is 12.5. The third-order valence-electron chi connectivity index (χ3n) is 6.30. The highest BCUT2D eigenvalue weighted by Crippen LogP contribution is 2.25. The maximum absolute atomic E-state index is 12.5. The number of nitrogens with one attached hydrogen (secondary N) is 1. The summed E-state index contributed by atoms with van der Waals surface area (Å²) in [6.07, 6.45) is 1.27. The van der Waals surface area contributed by atoms with Crippen molar-refractivity contribution in [1.29, 1.82) is 0 Å². The second-order valence-corrected chi connectivity index (χ2v) is 11.5. The van der Waals surface area contributed by atoms with Crippen molar-refractivity contribution < 1.29 is 23.9 Å². The SMILES string of the molecule is Cn1c(CCCOC(=O)CCN2C(=O)CC(SCCNC(=O)P)C2=O)nc2cc(N(CCCl)CCCl)ccc21. The van der Waals surface area contributed by atoms with E-state index >= 15 is 0 Å². The number of alkyl halides is 2. The van der Waals surface area contributed by atoms with E-state index in [1.807, 2.05) is 39.1 Å². The summed E-state index contributed by atoms with van der Waals surface area (Å²) >= 11 is 13.2. The van der Waals surface area contributed by atoms with E-state index in [0.29, 0.717) is 50.0 Å². The maximum Gasteiger partial charge on any atom is 0.307 e. The fourth-order valence-corrected chi connectivity index (χ4v) is 5.90. The molecule has 1 aromatic carbocycles. The zero-order valence-electron chi connectivity index (χ0n) is 21.9. The number of likely N-dealkylation sites (tertiary alicyclic amines) is 1. The average Bonchev–Trinajstić information content (AvgIpc) is 3.36. The van der Waals surface area contributed by atoms with E-state index in [4.69, 9.17) is 32.9 Å². The molecule has 1 fully saturated rings. The molecule has 14 heteroatoms. The molecule has 2 atom stereocenters. The summed E-state index contributed by atoms with van der Waals surface area (Å²) in [6, 6.07) is 6.10. The highest BCUT2D eigenvalue weighted by Gasteiger charge is 2.38.